The molecule has 1 fully saturated rings. The van der Waals surface area contributed by atoms with Crippen molar-refractivity contribution < 1.29 is 9.47 Å². The molecule has 0 saturated carbocycles. The molecule has 0 aromatic carbocycles. The Morgan fingerprint density at radius 2 is 1.83 bits per heavy atom. The summed E-state index contributed by atoms with van der Waals surface area (Å²) in [5.74, 6) is -0.510. The van der Waals surface area contributed by atoms with Crippen LogP contribution in [0.3, 0.4) is 0 Å². The van der Waals surface area contributed by atoms with Gasteiger partial charge in [-0.1, -0.05) is 6.08 Å². The van der Waals surface area contributed by atoms with Crippen LogP contribution in [0, 0.1) is 0 Å². The number of ether oxygens (including phenoxy) is 2. The van der Waals surface area contributed by atoms with Crippen LogP contribution in [0.4, 0.5) is 0 Å². The lowest BCUT2D eigenvalue weighted by Crippen LogP contribution is -2.38. The van der Waals surface area contributed by atoms with Crippen LogP contribution in [0.25, 0.3) is 0 Å². The van der Waals surface area contributed by atoms with Crippen molar-refractivity contribution in [3.8, 4) is 0 Å². The number of methoxy groups -OCH3 is 2. The highest BCUT2D eigenvalue weighted by Crippen LogP contribution is 2.53. The summed E-state index contributed by atoms with van der Waals surface area (Å²) in [4.78, 5) is 2.25. The van der Waals surface area contributed by atoms with E-state index in [0.717, 1.165) is 0 Å². The summed E-state index contributed by atoms with van der Waals surface area (Å²) in [6, 6.07) is 0.347. The maximum absolute atomic E-state index is 5.39. The molecule has 3 nitrogen and oxygen atoms in total. The number of hydrogen-bond acceptors (Lipinski definition) is 3. The van der Waals surface area contributed by atoms with E-state index < -0.39 is 5.79 Å². The van der Waals surface area contributed by atoms with Crippen LogP contribution in [0.2, 0.25) is 0 Å². The predicted octanol–water partition coefficient (Wildman–Crippen LogP) is 0.618. The summed E-state index contributed by atoms with van der Waals surface area (Å²) in [7, 11) is 5.46. The van der Waals surface area contributed by atoms with Crippen LogP contribution in [0.1, 0.15) is 6.92 Å². The van der Waals surface area contributed by atoms with Gasteiger partial charge in [-0.25, -0.2) is 0 Å². The second-order valence-electron chi connectivity index (χ2n) is 3.70. The van der Waals surface area contributed by atoms with Crippen molar-refractivity contribution in [1.82, 2.24) is 4.90 Å². The van der Waals surface area contributed by atoms with Gasteiger partial charge in [0.05, 0.1) is 11.6 Å². The normalized spacial score (nSPS) is 47.7. The molecule has 0 radical (unpaired) electrons. The summed E-state index contributed by atoms with van der Waals surface area (Å²) in [6.07, 6.45) is 4.17. The molecule has 2 rings (SSSR count). The minimum absolute atomic E-state index is 0.159. The van der Waals surface area contributed by atoms with Gasteiger partial charge in [-0.05, 0) is 20.0 Å². The molecule has 0 aromatic heterocycles. The number of nitrogens with zero attached hydrogens (tertiary/aromatic N) is 1. The third-order valence-corrected chi connectivity index (χ3v) is 3.31. The Morgan fingerprint density at radius 1 is 1.25 bits per heavy atom. The van der Waals surface area contributed by atoms with Crippen molar-refractivity contribution >= 4 is 0 Å². The highest BCUT2D eigenvalue weighted by atomic mass is 16.7. The number of rotatable bonds is 2. The van der Waals surface area contributed by atoms with Crippen LogP contribution in [-0.2, 0) is 9.47 Å². The quantitative estimate of drug-likeness (QED) is 0.343. The predicted molar refractivity (Wildman–Crippen MR) is 45.8 cm³/mol. The minimum Gasteiger partial charge on any atom is -0.348 e. The van der Waals surface area contributed by atoms with Gasteiger partial charge < -0.3 is 9.47 Å². The van der Waals surface area contributed by atoms with Gasteiger partial charge in [0, 0.05) is 14.2 Å². The Hall–Kier alpha value is -0.380. The average Bonchev–Trinajstić information content (AvgIpc) is 2.51. The molecule has 12 heavy (non-hydrogen) atoms. The first kappa shape index (κ1) is 8.23. The molecule has 0 N–H and O–H groups in total. The summed E-state index contributed by atoms with van der Waals surface area (Å²) < 4.78 is 10.8. The summed E-state index contributed by atoms with van der Waals surface area (Å²) in [6.45, 7) is 2.19. The van der Waals surface area contributed by atoms with Crippen molar-refractivity contribution in [1.29, 1.82) is 0 Å². The van der Waals surface area contributed by atoms with Gasteiger partial charge in [-0.3, -0.25) is 4.90 Å². The Kier molecular flexibility index (Phi) is 1.44. The molecule has 0 aromatic rings. The van der Waals surface area contributed by atoms with Crippen LogP contribution in [-0.4, -0.2) is 43.5 Å². The van der Waals surface area contributed by atoms with Crippen LogP contribution < -0.4 is 0 Å². The zero-order valence-electron chi connectivity index (χ0n) is 8.00. The fraction of sp³-hybridized carbons (Fsp3) is 0.778. The summed E-state index contributed by atoms with van der Waals surface area (Å²) in [5.41, 5.74) is 0.159. The van der Waals surface area contributed by atoms with Gasteiger partial charge in [-0.2, -0.15) is 0 Å². The average molecular weight is 169 g/mol. The molecule has 1 heterocycles. The first-order chi connectivity index (χ1) is 5.61. The van der Waals surface area contributed by atoms with E-state index in [9.17, 15) is 0 Å². The molecule has 3 unspecified atom stereocenters. The Morgan fingerprint density at radius 3 is 2.08 bits per heavy atom. The molecule has 2 aliphatic rings. The summed E-state index contributed by atoms with van der Waals surface area (Å²) in [5, 5.41) is 0. The van der Waals surface area contributed by atoms with Crippen molar-refractivity contribution in [2.24, 2.45) is 0 Å². The third-order valence-electron chi connectivity index (χ3n) is 3.31. The lowest BCUT2D eigenvalue weighted by Gasteiger charge is -2.25. The summed E-state index contributed by atoms with van der Waals surface area (Å²) >= 11 is 0. The monoisotopic (exact) mass is 169 g/mol. The van der Waals surface area contributed by atoms with Gasteiger partial charge in [0.15, 0.2) is 0 Å². The van der Waals surface area contributed by atoms with Crippen LogP contribution >= 0.6 is 0 Å². The molecule has 68 valence electrons. The lowest BCUT2D eigenvalue weighted by atomic mass is 10.1. The molecule has 3 heteroatoms. The maximum atomic E-state index is 5.39. The zero-order chi connectivity index (χ0) is 8.98. The van der Waals surface area contributed by atoms with Crippen LogP contribution in [0.15, 0.2) is 12.2 Å². The van der Waals surface area contributed by atoms with E-state index in [1.165, 1.54) is 0 Å². The molecule has 1 saturated heterocycles. The van der Waals surface area contributed by atoms with Gasteiger partial charge in [0.25, 0.3) is 0 Å². The van der Waals surface area contributed by atoms with Gasteiger partial charge in [0.2, 0.25) is 5.79 Å². The van der Waals surface area contributed by atoms with Gasteiger partial charge >= 0.3 is 0 Å². The molecule has 0 spiro atoms. The smallest absolute Gasteiger partial charge is 0.205 e. The topological polar surface area (TPSA) is 21.5 Å². The Balaban J connectivity index is 2.28. The number of hydrogen-bond donors (Lipinski definition) is 0. The molecule has 0 amide bonds. The Labute approximate surface area is 72.9 Å². The molecular formula is C9H15NO2. The SMILES string of the molecule is COC1(OC)C=CC2(C)C1N2C. The molecular weight excluding hydrogens is 154 g/mol. The van der Waals surface area contributed by atoms with E-state index in [2.05, 4.69) is 24.9 Å². The first-order valence-corrected chi connectivity index (χ1v) is 4.14. The van der Waals surface area contributed by atoms with E-state index in [1.54, 1.807) is 14.2 Å². The zero-order valence-corrected chi connectivity index (χ0v) is 8.00. The fourth-order valence-electron chi connectivity index (χ4n) is 2.27. The highest BCUT2D eigenvalue weighted by molar-refractivity contribution is 5.38. The van der Waals surface area contributed by atoms with Gasteiger partial charge in [0.1, 0.15) is 0 Å². The van der Waals surface area contributed by atoms with Gasteiger partial charge in [-0.15, -0.1) is 0 Å². The third kappa shape index (κ3) is 0.672. The van der Waals surface area contributed by atoms with Crippen molar-refractivity contribution in [2.45, 2.75) is 24.3 Å². The second kappa shape index (κ2) is 2.10. The van der Waals surface area contributed by atoms with E-state index >= 15 is 0 Å². The maximum Gasteiger partial charge on any atom is 0.205 e. The first-order valence-electron chi connectivity index (χ1n) is 4.14. The highest BCUT2D eigenvalue weighted by Gasteiger charge is 2.69. The standard InChI is InChI=1S/C9H15NO2/c1-8-5-6-9(11-3,12-4)7(8)10(8)2/h5-7H,1-4H3. The van der Waals surface area contributed by atoms with Crippen LogP contribution in [0.5, 0.6) is 0 Å². The number of fused-ring (bicyclic) bond motifs is 1. The van der Waals surface area contributed by atoms with Crippen molar-refractivity contribution in [2.75, 3.05) is 21.3 Å². The molecule has 0 bridgehead atoms. The van der Waals surface area contributed by atoms with E-state index in [0.29, 0.717) is 6.04 Å². The minimum atomic E-state index is -0.510. The molecule has 3 atom stereocenters. The van der Waals surface area contributed by atoms with Crippen molar-refractivity contribution in [3.63, 3.8) is 0 Å². The molecule has 1 aliphatic heterocycles. The second-order valence-corrected chi connectivity index (χ2v) is 3.70. The Bertz CT molecular complexity index is 235. The van der Waals surface area contributed by atoms with E-state index in [1.807, 2.05) is 6.08 Å². The number of likely N-dealkylation sites (N-methyl/N-ethyl adjacent to an activating group) is 1. The van der Waals surface area contributed by atoms with E-state index in [4.69, 9.17) is 9.47 Å². The van der Waals surface area contributed by atoms with E-state index in [-0.39, 0.29) is 5.54 Å². The lowest BCUT2D eigenvalue weighted by molar-refractivity contribution is -0.173. The van der Waals surface area contributed by atoms with Crippen molar-refractivity contribution in [3.05, 3.63) is 12.2 Å². The fourth-order valence-corrected chi connectivity index (χ4v) is 2.27. The largest absolute Gasteiger partial charge is 0.348 e. The molecule has 1 aliphatic carbocycles.